The summed E-state index contributed by atoms with van der Waals surface area (Å²) in [5.41, 5.74) is 3.61. The number of aryl methyl sites for hydroxylation is 2. The molecule has 0 aliphatic carbocycles. The van der Waals surface area contributed by atoms with E-state index in [2.05, 4.69) is 5.32 Å². The third-order valence-corrected chi connectivity index (χ3v) is 4.45. The van der Waals surface area contributed by atoms with E-state index in [4.69, 9.17) is 9.47 Å². The number of hydrogen-bond donors (Lipinski definition) is 2. The van der Waals surface area contributed by atoms with E-state index in [0.29, 0.717) is 18.0 Å². The van der Waals surface area contributed by atoms with Gasteiger partial charge >= 0.3 is 0 Å². The third kappa shape index (κ3) is 4.50. The van der Waals surface area contributed by atoms with Gasteiger partial charge in [-0.2, -0.15) is 0 Å². The van der Waals surface area contributed by atoms with Crippen molar-refractivity contribution in [2.45, 2.75) is 32.9 Å². The first-order valence-electron chi connectivity index (χ1n) is 8.27. The number of halogens is 1. The van der Waals surface area contributed by atoms with Gasteiger partial charge < -0.3 is 19.9 Å². The quantitative estimate of drug-likeness (QED) is 0.799. The number of rotatable bonds is 7. The van der Waals surface area contributed by atoms with Crippen molar-refractivity contribution in [2.24, 2.45) is 0 Å². The summed E-state index contributed by atoms with van der Waals surface area (Å²) in [6.07, 6.45) is -0.705. The molecule has 0 saturated carbocycles. The molecule has 25 heavy (non-hydrogen) atoms. The fraction of sp³-hybridized carbons (Fsp3) is 0.400. The summed E-state index contributed by atoms with van der Waals surface area (Å²) in [4.78, 5) is 0. The second-order valence-electron chi connectivity index (χ2n) is 6.21. The summed E-state index contributed by atoms with van der Waals surface area (Å²) in [6, 6.07) is 8.32. The van der Waals surface area contributed by atoms with E-state index in [0.717, 1.165) is 22.3 Å². The molecule has 0 aliphatic rings. The zero-order valence-corrected chi connectivity index (χ0v) is 15.4. The minimum absolute atomic E-state index is 0.00945. The maximum Gasteiger partial charge on any atom is 0.161 e. The zero-order chi connectivity index (χ0) is 18.6. The molecule has 0 fully saturated rings. The van der Waals surface area contributed by atoms with E-state index in [9.17, 15) is 9.50 Å². The highest BCUT2D eigenvalue weighted by molar-refractivity contribution is 5.48. The lowest BCUT2D eigenvalue weighted by Crippen LogP contribution is -2.25. The van der Waals surface area contributed by atoms with Crippen LogP contribution in [0.1, 0.15) is 41.3 Å². The van der Waals surface area contributed by atoms with Crippen LogP contribution in [0.4, 0.5) is 4.39 Å². The molecule has 2 rings (SSSR count). The van der Waals surface area contributed by atoms with E-state index in [1.807, 2.05) is 26.0 Å². The van der Waals surface area contributed by atoms with E-state index >= 15 is 0 Å². The minimum atomic E-state index is -0.705. The molecule has 2 atom stereocenters. The smallest absolute Gasteiger partial charge is 0.161 e. The van der Waals surface area contributed by atoms with E-state index in [1.54, 1.807) is 27.2 Å². The molecular weight excluding hydrogens is 321 g/mol. The molecule has 136 valence electrons. The molecule has 2 unspecified atom stereocenters. The Labute approximate surface area is 148 Å². The highest BCUT2D eigenvalue weighted by Gasteiger charge is 2.16. The van der Waals surface area contributed by atoms with Gasteiger partial charge in [-0.3, -0.25) is 0 Å². The first-order valence-corrected chi connectivity index (χ1v) is 8.27. The van der Waals surface area contributed by atoms with E-state index < -0.39 is 6.10 Å². The molecule has 2 aromatic carbocycles. The molecule has 0 spiro atoms. The van der Waals surface area contributed by atoms with Crippen LogP contribution in [0.2, 0.25) is 0 Å². The van der Waals surface area contributed by atoms with Gasteiger partial charge in [0.15, 0.2) is 11.5 Å². The molecule has 0 aliphatic heterocycles. The van der Waals surface area contributed by atoms with Crippen LogP contribution in [-0.4, -0.2) is 25.9 Å². The van der Waals surface area contributed by atoms with Gasteiger partial charge in [-0.1, -0.05) is 6.07 Å². The number of aliphatic hydroxyl groups is 1. The fourth-order valence-electron chi connectivity index (χ4n) is 2.98. The predicted molar refractivity (Wildman–Crippen MR) is 96.8 cm³/mol. The van der Waals surface area contributed by atoms with Crippen LogP contribution in [0.5, 0.6) is 11.5 Å². The summed E-state index contributed by atoms with van der Waals surface area (Å²) >= 11 is 0. The summed E-state index contributed by atoms with van der Waals surface area (Å²) in [7, 11) is 3.22. The highest BCUT2D eigenvalue weighted by atomic mass is 19.1. The van der Waals surface area contributed by atoms with Gasteiger partial charge in [0.05, 0.1) is 20.3 Å². The average Bonchev–Trinajstić information content (AvgIpc) is 2.59. The Bertz CT molecular complexity index is 733. The lowest BCUT2D eigenvalue weighted by molar-refractivity contribution is 0.170. The van der Waals surface area contributed by atoms with Crippen LogP contribution in [-0.2, 0) is 0 Å². The Kier molecular flexibility index (Phi) is 6.39. The number of nitrogens with one attached hydrogen (secondary N) is 1. The van der Waals surface area contributed by atoms with Crippen molar-refractivity contribution in [3.05, 3.63) is 58.4 Å². The SMILES string of the molecule is COc1cc(C)c(C(C)NCC(O)c2ccc(F)cc2C)cc1OC. The first-order chi connectivity index (χ1) is 11.9. The lowest BCUT2D eigenvalue weighted by atomic mass is 10.00. The van der Waals surface area contributed by atoms with Crippen LogP contribution >= 0.6 is 0 Å². The second kappa shape index (κ2) is 8.32. The van der Waals surface area contributed by atoms with Gasteiger partial charge in [-0.25, -0.2) is 4.39 Å². The van der Waals surface area contributed by atoms with Crippen molar-refractivity contribution in [1.82, 2.24) is 5.32 Å². The molecule has 0 amide bonds. The van der Waals surface area contributed by atoms with Gasteiger partial charge in [0.1, 0.15) is 5.82 Å². The zero-order valence-electron chi connectivity index (χ0n) is 15.4. The van der Waals surface area contributed by atoms with Gasteiger partial charge in [0.2, 0.25) is 0 Å². The molecule has 0 aromatic heterocycles. The molecule has 0 heterocycles. The molecule has 5 heteroatoms. The summed E-state index contributed by atoms with van der Waals surface area (Å²) < 4.78 is 23.9. The molecule has 0 bridgehead atoms. The third-order valence-electron chi connectivity index (χ3n) is 4.45. The average molecular weight is 347 g/mol. The predicted octanol–water partition coefficient (Wildman–Crippen LogP) is 3.84. The molecule has 0 saturated heterocycles. The minimum Gasteiger partial charge on any atom is -0.493 e. The van der Waals surface area contributed by atoms with Crippen molar-refractivity contribution < 1.29 is 19.0 Å². The van der Waals surface area contributed by atoms with Crippen LogP contribution in [0.3, 0.4) is 0 Å². The normalized spacial score (nSPS) is 13.4. The number of methoxy groups -OCH3 is 2. The van der Waals surface area contributed by atoms with Crippen LogP contribution in [0.15, 0.2) is 30.3 Å². The summed E-state index contributed by atoms with van der Waals surface area (Å²) in [5.74, 6) is 1.07. The highest BCUT2D eigenvalue weighted by Crippen LogP contribution is 2.33. The molecule has 4 nitrogen and oxygen atoms in total. The maximum absolute atomic E-state index is 13.2. The number of benzene rings is 2. The van der Waals surface area contributed by atoms with E-state index in [1.165, 1.54) is 12.1 Å². The van der Waals surface area contributed by atoms with Gasteiger partial charge in [-0.05, 0) is 67.3 Å². The standard InChI is InChI=1S/C20H26FNO3/c1-12-8-15(21)6-7-16(12)18(23)11-22-14(3)17-10-20(25-5)19(24-4)9-13(17)2/h6-10,14,18,22-23H,11H2,1-5H3. The van der Waals surface area contributed by atoms with Crippen molar-refractivity contribution in [2.75, 3.05) is 20.8 Å². The van der Waals surface area contributed by atoms with Crippen molar-refractivity contribution >= 4 is 0 Å². The first kappa shape index (κ1) is 19.2. The maximum atomic E-state index is 13.2. The van der Waals surface area contributed by atoms with Crippen LogP contribution in [0.25, 0.3) is 0 Å². The van der Waals surface area contributed by atoms with E-state index in [-0.39, 0.29) is 11.9 Å². The Balaban J connectivity index is 2.10. The monoisotopic (exact) mass is 347 g/mol. The molecule has 2 N–H and O–H groups in total. The van der Waals surface area contributed by atoms with Crippen molar-refractivity contribution in [3.63, 3.8) is 0 Å². The molecule has 0 radical (unpaired) electrons. The van der Waals surface area contributed by atoms with Crippen LogP contribution in [0, 0.1) is 19.7 Å². The van der Waals surface area contributed by atoms with Gasteiger partial charge in [0, 0.05) is 12.6 Å². The van der Waals surface area contributed by atoms with Crippen LogP contribution < -0.4 is 14.8 Å². The summed E-state index contributed by atoms with van der Waals surface area (Å²) in [5, 5.41) is 13.7. The summed E-state index contributed by atoms with van der Waals surface area (Å²) in [6.45, 7) is 6.19. The number of ether oxygens (including phenoxy) is 2. The Hall–Kier alpha value is -2.11. The van der Waals surface area contributed by atoms with Crippen molar-refractivity contribution in [3.8, 4) is 11.5 Å². The Morgan fingerprint density at radius 3 is 2.20 bits per heavy atom. The van der Waals surface area contributed by atoms with Gasteiger partial charge in [-0.15, -0.1) is 0 Å². The largest absolute Gasteiger partial charge is 0.493 e. The lowest BCUT2D eigenvalue weighted by Gasteiger charge is -2.21. The topological polar surface area (TPSA) is 50.7 Å². The fourth-order valence-corrected chi connectivity index (χ4v) is 2.98. The number of aliphatic hydroxyl groups excluding tert-OH is 1. The Morgan fingerprint density at radius 1 is 1.00 bits per heavy atom. The second-order valence-corrected chi connectivity index (χ2v) is 6.21. The van der Waals surface area contributed by atoms with Crippen molar-refractivity contribution in [1.29, 1.82) is 0 Å². The molecular formula is C20H26FNO3. The molecule has 2 aromatic rings. The van der Waals surface area contributed by atoms with Gasteiger partial charge in [0.25, 0.3) is 0 Å². The Morgan fingerprint density at radius 2 is 1.60 bits per heavy atom. The number of hydrogen-bond acceptors (Lipinski definition) is 4.